The van der Waals surface area contributed by atoms with E-state index < -0.39 is 18.7 Å². The van der Waals surface area contributed by atoms with E-state index in [0.29, 0.717) is 61.4 Å². The number of amides is 2. The van der Waals surface area contributed by atoms with Gasteiger partial charge in [0.15, 0.2) is 0 Å². The molecule has 1 aliphatic heterocycles. The number of rotatable bonds is 13. The number of fused-ring (bicyclic) bond motifs is 1. The number of carbonyl (C=O) groups is 3. The number of likely N-dealkylation sites (tertiary alicyclic amines) is 1. The molecule has 5 rings (SSSR count). The first-order chi connectivity index (χ1) is 22.3. The molecule has 3 aliphatic rings. The highest BCUT2D eigenvalue weighted by molar-refractivity contribution is 6.00. The van der Waals surface area contributed by atoms with Gasteiger partial charge in [-0.1, -0.05) is 0 Å². The molecular formula is C35H50FN3O7. The van der Waals surface area contributed by atoms with Crippen molar-refractivity contribution in [1.29, 1.82) is 0 Å². The van der Waals surface area contributed by atoms with Crippen molar-refractivity contribution in [3.05, 3.63) is 30.0 Å². The number of alkyl halides is 1. The second-order valence-corrected chi connectivity index (χ2v) is 13.3. The number of ether oxygens (including phenoxy) is 3. The third kappa shape index (κ3) is 8.09. The summed E-state index contributed by atoms with van der Waals surface area (Å²) in [7, 11) is 3.34. The van der Waals surface area contributed by atoms with Gasteiger partial charge in [-0.05, 0) is 106 Å². The standard InChI is InChI=1S/C35H50FN3O7/c1-43-18-3-19-45-35(42)31-21-25-20-26(10-13-30(25)46-31)38-33(40)32-28(22-8-11-27(44-2)12-9-22)15-17-39(32)34(41)24-6-4-23(5-7-24)29(37)14-16-36/h10,13,20-24,27-29,32H,3-9,11-12,14-19,37H2,1-2H3,(H,38,40)/t22?,23-,24-,27?,28-,29+,32-/m0/s1. The van der Waals surface area contributed by atoms with Gasteiger partial charge in [0.1, 0.15) is 11.6 Å². The predicted octanol–water partition coefficient (Wildman–Crippen LogP) is 5.48. The van der Waals surface area contributed by atoms with Crippen molar-refractivity contribution < 1.29 is 37.4 Å². The van der Waals surface area contributed by atoms with Crippen molar-refractivity contribution in [2.75, 3.05) is 46.0 Å². The highest BCUT2D eigenvalue weighted by Crippen LogP contribution is 2.42. The molecule has 0 bridgehead atoms. The minimum absolute atomic E-state index is 0.0460. The molecule has 3 N–H and O–H groups in total. The van der Waals surface area contributed by atoms with Crippen LogP contribution in [0, 0.1) is 23.7 Å². The van der Waals surface area contributed by atoms with Gasteiger partial charge in [-0.25, -0.2) is 4.79 Å². The Morgan fingerprint density at radius 2 is 1.78 bits per heavy atom. The van der Waals surface area contributed by atoms with Crippen LogP contribution < -0.4 is 11.1 Å². The lowest BCUT2D eigenvalue weighted by Crippen LogP contribution is -2.50. The number of esters is 1. The number of nitrogens with one attached hydrogen (secondary N) is 1. The molecule has 2 aromatic rings. The third-order valence-electron chi connectivity index (χ3n) is 10.5. The van der Waals surface area contributed by atoms with Gasteiger partial charge in [0, 0.05) is 56.8 Å². The van der Waals surface area contributed by atoms with Crippen LogP contribution in [0.5, 0.6) is 0 Å². The molecule has 10 nitrogen and oxygen atoms in total. The van der Waals surface area contributed by atoms with E-state index in [0.717, 1.165) is 44.9 Å². The SMILES string of the molecule is COCCCOC(=O)c1cc2cc(NC(=O)[C@@H]3[C@H](C4CCC(OC)CC4)CCN3C(=O)[C@H]3CC[C@H]([C@H](N)CCF)CC3)ccc2o1. The van der Waals surface area contributed by atoms with Crippen molar-refractivity contribution in [3.63, 3.8) is 0 Å². The predicted molar refractivity (Wildman–Crippen MR) is 172 cm³/mol. The largest absolute Gasteiger partial charge is 0.460 e. The minimum Gasteiger partial charge on any atom is -0.460 e. The topological polar surface area (TPSA) is 133 Å². The zero-order chi connectivity index (χ0) is 32.6. The number of hydrogen-bond acceptors (Lipinski definition) is 8. The number of nitrogens with zero attached hydrogens (tertiary/aromatic N) is 1. The Kier molecular flexibility index (Phi) is 12.1. The summed E-state index contributed by atoms with van der Waals surface area (Å²) >= 11 is 0. The van der Waals surface area contributed by atoms with Gasteiger partial charge < -0.3 is 34.6 Å². The summed E-state index contributed by atoms with van der Waals surface area (Å²) in [4.78, 5) is 42.4. The van der Waals surface area contributed by atoms with E-state index in [9.17, 15) is 18.8 Å². The van der Waals surface area contributed by atoms with Crippen molar-refractivity contribution in [2.45, 2.75) is 88.8 Å². The van der Waals surface area contributed by atoms with E-state index in [4.69, 9.17) is 24.4 Å². The maximum atomic E-state index is 14.1. The lowest BCUT2D eigenvalue weighted by molar-refractivity contribution is -0.142. The first-order valence-corrected chi connectivity index (χ1v) is 17.0. The van der Waals surface area contributed by atoms with Gasteiger partial charge in [-0.2, -0.15) is 0 Å². The lowest BCUT2D eigenvalue weighted by Gasteiger charge is -2.37. The first kappa shape index (κ1) is 34.3. The second-order valence-electron chi connectivity index (χ2n) is 13.3. The number of methoxy groups -OCH3 is 2. The van der Waals surface area contributed by atoms with Crippen molar-refractivity contribution in [2.24, 2.45) is 29.4 Å². The van der Waals surface area contributed by atoms with E-state index in [-0.39, 0.29) is 54.1 Å². The van der Waals surface area contributed by atoms with Crippen LogP contribution in [0.2, 0.25) is 0 Å². The maximum Gasteiger partial charge on any atom is 0.374 e. The zero-order valence-corrected chi connectivity index (χ0v) is 27.2. The van der Waals surface area contributed by atoms with E-state index in [2.05, 4.69) is 5.32 Å². The smallest absolute Gasteiger partial charge is 0.374 e. The summed E-state index contributed by atoms with van der Waals surface area (Å²) in [6.45, 7) is 0.857. The summed E-state index contributed by atoms with van der Waals surface area (Å²) in [6, 6.07) is 6.12. The lowest BCUT2D eigenvalue weighted by atomic mass is 9.75. The van der Waals surface area contributed by atoms with Crippen LogP contribution in [0.15, 0.2) is 28.7 Å². The van der Waals surface area contributed by atoms with Crippen molar-refractivity contribution in [3.8, 4) is 0 Å². The number of hydrogen-bond donors (Lipinski definition) is 2. The van der Waals surface area contributed by atoms with Gasteiger partial charge in [-0.3, -0.25) is 14.0 Å². The molecule has 2 saturated carbocycles. The third-order valence-corrected chi connectivity index (χ3v) is 10.5. The van der Waals surface area contributed by atoms with Gasteiger partial charge in [0.05, 0.1) is 19.4 Å². The molecule has 2 amide bonds. The van der Waals surface area contributed by atoms with E-state index in [1.807, 2.05) is 4.90 Å². The fraction of sp³-hybridized carbons (Fsp3) is 0.686. The number of furan rings is 1. The molecule has 0 spiro atoms. The van der Waals surface area contributed by atoms with Crippen LogP contribution in [-0.4, -0.2) is 81.5 Å². The number of halogens is 1. The Bertz CT molecular complexity index is 1320. The molecule has 46 heavy (non-hydrogen) atoms. The summed E-state index contributed by atoms with van der Waals surface area (Å²) in [5.41, 5.74) is 7.29. The molecule has 1 aromatic heterocycles. The Labute approximate surface area is 270 Å². The average molecular weight is 644 g/mol. The number of nitrogens with two attached hydrogens (primary N) is 1. The molecule has 0 unspecified atom stereocenters. The number of anilines is 1. The van der Waals surface area contributed by atoms with Gasteiger partial charge in [-0.15, -0.1) is 0 Å². The molecule has 1 aromatic carbocycles. The van der Waals surface area contributed by atoms with Crippen LogP contribution in [0.25, 0.3) is 11.0 Å². The monoisotopic (exact) mass is 643 g/mol. The highest BCUT2D eigenvalue weighted by Gasteiger charge is 2.47. The van der Waals surface area contributed by atoms with E-state index in [1.165, 1.54) is 0 Å². The van der Waals surface area contributed by atoms with Crippen molar-refractivity contribution >= 4 is 34.4 Å². The van der Waals surface area contributed by atoms with Crippen molar-refractivity contribution in [1.82, 2.24) is 4.90 Å². The summed E-state index contributed by atoms with van der Waals surface area (Å²) in [5.74, 6) is -0.123. The first-order valence-electron chi connectivity index (χ1n) is 17.0. The normalized spacial score (nSPS) is 27.4. The Balaban J connectivity index is 1.29. The average Bonchev–Trinajstić information content (AvgIpc) is 3.72. The minimum atomic E-state index is -0.569. The van der Waals surface area contributed by atoms with Crippen LogP contribution in [0.4, 0.5) is 10.1 Å². The Morgan fingerprint density at radius 3 is 2.48 bits per heavy atom. The molecule has 2 aliphatic carbocycles. The molecule has 254 valence electrons. The fourth-order valence-corrected chi connectivity index (χ4v) is 7.91. The number of benzene rings is 1. The zero-order valence-electron chi connectivity index (χ0n) is 27.2. The molecule has 0 radical (unpaired) electrons. The van der Waals surface area contributed by atoms with Gasteiger partial charge in [0.25, 0.3) is 0 Å². The summed E-state index contributed by atoms with van der Waals surface area (Å²) in [6.07, 6.45) is 8.87. The molecule has 3 fully saturated rings. The molecule has 11 heteroatoms. The Hall–Kier alpha value is -3.02. The van der Waals surface area contributed by atoms with Gasteiger partial charge >= 0.3 is 5.97 Å². The molecular weight excluding hydrogens is 593 g/mol. The summed E-state index contributed by atoms with van der Waals surface area (Å²) in [5, 5.41) is 3.76. The van der Waals surface area contributed by atoms with Crippen LogP contribution in [0.1, 0.15) is 81.2 Å². The molecule has 2 heterocycles. The fourth-order valence-electron chi connectivity index (χ4n) is 7.91. The van der Waals surface area contributed by atoms with Gasteiger partial charge in [0.2, 0.25) is 17.6 Å². The quantitative estimate of drug-likeness (QED) is 0.217. The van der Waals surface area contributed by atoms with Crippen LogP contribution in [0.3, 0.4) is 0 Å². The highest BCUT2D eigenvalue weighted by atomic mass is 19.1. The maximum absolute atomic E-state index is 14.1. The second kappa shape index (κ2) is 16.2. The molecule has 3 atom stereocenters. The molecule has 1 saturated heterocycles. The van der Waals surface area contributed by atoms with E-state index >= 15 is 0 Å². The number of carbonyl (C=O) groups excluding carboxylic acids is 3. The summed E-state index contributed by atoms with van der Waals surface area (Å²) < 4.78 is 34.4. The van der Waals surface area contributed by atoms with E-state index in [1.54, 1.807) is 38.5 Å². The Morgan fingerprint density at radius 1 is 1.02 bits per heavy atom. The van der Waals surface area contributed by atoms with Crippen LogP contribution in [-0.2, 0) is 23.8 Å². The van der Waals surface area contributed by atoms with Crippen LogP contribution >= 0.6 is 0 Å².